The number of ether oxygens (including phenoxy) is 6. The third-order valence-electron chi connectivity index (χ3n) is 9.73. The summed E-state index contributed by atoms with van der Waals surface area (Å²) in [5.74, 6) is -3.73. The van der Waals surface area contributed by atoms with Crippen molar-refractivity contribution in [3.05, 3.63) is 58.3 Å². The average Bonchev–Trinajstić information content (AvgIpc) is 3.67. The van der Waals surface area contributed by atoms with Crippen LogP contribution < -0.4 is 9.47 Å². The van der Waals surface area contributed by atoms with Crippen LogP contribution in [0.25, 0.3) is 4.85 Å². The molecule has 14 nitrogen and oxygen atoms in total. The number of carbonyl (C=O) groups is 6. The monoisotopic (exact) mass is 822 g/mol. The molecule has 304 valence electrons. The van der Waals surface area contributed by atoms with Gasteiger partial charge in [-0.05, 0) is 95.6 Å². The van der Waals surface area contributed by atoms with E-state index in [1.54, 1.807) is 13.0 Å². The van der Waals surface area contributed by atoms with Gasteiger partial charge in [0.05, 0.1) is 76.8 Å². The Hall–Kier alpha value is -5.06. The number of thioether (sulfide) groups is 2. The lowest BCUT2D eigenvalue weighted by Crippen LogP contribution is -2.30. The van der Waals surface area contributed by atoms with Crippen LogP contribution in [0, 0.1) is 48.5 Å². The Morgan fingerprint density at radius 2 is 1.11 bits per heavy atom. The normalized spacial score (nSPS) is 20.6. The van der Waals surface area contributed by atoms with Crippen LogP contribution in [0.3, 0.4) is 0 Å². The molecule has 0 atom stereocenters. The molecule has 0 amide bonds. The summed E-state index contributed by atoms with van der Waals surface area (Å²) in [5, 5.41) is 9.61. The van der Waals surface area contributed by atoms with E-state index in [4.69, 9.17) is 35.0 Å². The molecular formula is C41H46N2O12S2. The van der Waals surface area contributed by atoms with Crippen LogP contribution in [0.5, 0.6) is 11.5 Å². The third kappa shape index (κ3) is 13.0. The van der Waals surface area contributed by atoms with Gasteiger partial charge < -0.3 is 28.4 Å². The first-order valence-electron chi connectivity index (χ1n) is 18.9. The van der Waals surface area contributed by atoms with Crippen molar-refractivity contribution in [1.29, 1.82) is 5.26 Å². The topological polar surface area (TPSA) is 186 Å². The lowest BCUT2D eigenvalue weighted by molar-refractivity contribution is -0.152. The predicted octanol–water partition coefficient (Wildman–Crippen LogP) is 7.33. The first-order chi connectivity index (χ1) is 27.5. The maximum Gasteiger partial charge on any atom is 0.330 e. The maximum absolute atomic E-state index is 13.5. The standard InChI is InChI=1S/C41H46N2O12S2/c1-5-32(44)50-19-7-9-21-52-37(46)26-11-15-28(16-12-26)39(48)54-31-23-25(3)34(36-35(31)56-41(57-36)30(24-42)43-4)55-40(49)29-17-13-27(14-18-29)38(47)53-22-10-8-20-51-33(45)6-2/h5-6,23,26-29H,1-2,7-22H2,3H3/b41-30-. The number of aryl methyl sites for hydroxylation is 1. The van der Waals surface area contributed by atoms with Crippen molar-refractivity contribution >= 4 is 59.3 Å². The molecule has 1 aromatic carbocycles. The highest BCUT2D eigenvalue weighted by Gasteiger charge is 2.37. The van der Waals surface area contributed by atoms with E-state index in [1.807, 2.05) is 6.07 Å². The van der Waals surface area contributed by atoms with E-state index < -0.39 is 35.7 Å². The Morgan fingerprint density at radius 1 is 0.702 bits per heavy atom. The second-order valence-electron chi connectivity index (χ2n) is 13.7. The summed E-state index contributed by atoms with van der Waals surface area (Å²) in [6, 6.07) is 3.51. The lowest BCUT2D eigenvalue weighted by atomic mass is 9.82. The number of hydrogen-bond donors (Lipinski definition) is 0. The molecule has 0 radical (unpaired) electrons. The minimum Gasteiger partial charge on any atom is -0.465 e. The minimum absolute atomic E-state index is 0.143. The van der Waals surface area contributed by atoms with Gasteiger partial charge in [0.15, 0.2) is 0 Å². The quantitative estimate of drug-likeness (QED) is 0.0272. The van der Waals surface area contributed by atoms with E-state index >= 15 is 0 Å². The van der Waals surface area contributed by atoms with Crippen LogP contribution in [0.4, 0.5) is 0 Å². The Kier molecular flexibility index (Phi) is 17.7. The number of rotatable bonds is 18. The summed E-state index contributed by atoms with van der Waals surface area (Å²) in [4.78, 5) is 78.7. The highest BCUT2D eigenvalue weighted by molar-refractivity contribution is 8.24. The molecule has 3 aliphatic rings. The zero-order valence-corrected chi connectivity index (χ0v) is 33.5. The van der Waals surface area contributed by atoms with Crippen molar-refractivity contribution in [3.8, 4) is 17.6 Å². The summed E-state index contributed by atoms with van der Waals surface area (Å²) in [7, 11) is 0. The zero-order valence-electron chi connectivity index (χ0n) is 31.9. The van der Waals surface area contributed by atoms with Gasteiger partial charge in [0.25, 0.3) is 5.70 Å². The largest absolute Gasteiger partial charge is 0.465 e. The average molecular weight is 823 g/mol. The van der Waals surface area contributed by atoms with Crippen molar-refractivity contribution < 1.29 is 57.2 Å². The van der Waals surface area contributed by atoms with Gasteiger partial charge in [0.1, 0.15) is 11.5 Å². The van der Waals surface area contributed by atoms with Crippen LogP contribution in [-0.4, -0.2) is 62.2 Å². The van der Waals surface area contributed by atoms with Gasteiger partial charge in [-0.1, -0.05) is 36.7 Å². The second-order valence-corrected chi connectivity index (χ2v) is 16.0. The Bertz CT molecular complexity index is 1810. The van der Waals surface area contributed by atoms with Crippen molar-refractivity contribution in [2.24, 2.45) is 23.7 Å². The molecule has 0 bridgehead atoms. The molecular weight excluding hydrogens is 777 g/mol. The zero-order chi connectivity index (χ0) is 41.3. The van der Waals surface area contributed by atoms with Gasteiger partial charge in [0.2, 0.25) is 0 Å². The van der Waals surface area contributed by atoms with Crippen LogP contribution >= 0.6 is 23.5 Å². The molecule has 16 heteroatoms. The minimum atomic E-state index is -0.502. The number of fused-ring (bicyclic) bond motifs is 1. The molecule has 2 fully saturated rings. The number of nitriles is 1. The fourth-order valence-electron chi connectivity index (χ4n) is 6.49. The number of benzene rings is 1. The van der Waals surface area contributed by atoms with Crippen LogP contribution in [0.15, 0.2) is 51.1 Å². The van der Waals surface area contributed by atoms with Crippen LogP contribution in [-0.2, 0) is 47.7 Å². The SMILES string of the molecule is [C-]#[N+]/C(C#N)=C1/Sc2c(OC(=O)C3CCC(C(=O)OCCCCOC(=O)C=C)CC3)cc(C)c(OC(=O)C3CCC(C(=O)OCCCCOC(=O)C=C)CC3)c2S1. The summed E-state index contributed by atoms with van der Waals surface area (Å²) in [6.07, 6.45) is 7.85. The molecule has 0 unspecified atom stereocenters. The predicted molar refractivity (Wildman–Crippen MR) is 207 cm³/mol. The van der Waals surface area contributed by atoms with Gasteiger partial charge >= 0.3 is 35.8 Å². The van der Waals surface area contributed by atoms with Crippen molar-refractivity contribution in [2.45, 2.75) is 93.8 Å². The first kappa shape index (κ1) is 44.7. The molecule has 2 saturated carbocycles. The van der Waals surface area contributed by atoms with Crippen molar-refractivity contribution in [1.82, 2.24) is 0 Å². The smallest absolute Gasteiger partial charge is 0.330 e. The first-order valence-corrected chi connectivity index (χ1v) is 20.5. The van der Waals surface area contributed by atoms with Gasteiger partial charge in [-0.25, -0.2) is 19.7 Å². The molecule has 1 heterocycles. The number of allylic oxidation sites excluding steroid dienone is 1. The van der Waals surface area contributed by atoms with Crippen LogP contribution in [0.2, 0.25) is 0 Å². The molecule has 1 aliphatic heterocycles. The number of esters is 6. The van der Waals surface area contributed by atoms with E-state index in [9.17, 15) is 34.0 Å². The Balaban J connectivity index is 1.32. The van der Waals surface area contributed by atoms with Crippen molar-refractivity contribution in [3.63, 3.8) is 0 Å². The Labute approximate surface area is 340 Å². The highest BCUT2D eigenvalue weighted by atomic mass is 32.2. The number of nitrogens with zero attached hydrogens (tertiary/aromatic N) is 2. The summed E-state index contributed by atoms with van der Waals surface area (Å²) < 4.78 is 32.9. The number of unbranched alkanes of at least 4 members (excludes halogenated alkanes) is 2. The third-order valence-corrected chi connectivity index (χ3v) is 12.3. The number of carbonyl (C=O) groups excluding carboxylic acids is 6. The van der Waals surface area contributed by atoms with Crippen LogP contribution in [0.1, 0.15) is 82.6 Å². The number of hydrogen-bond acceptors (Lipinski definition) is 15. The Morgan fingerprint density at radius 3 is 1.53 bits per heavy atom. The molecule has 0 aromatic heterocycles. The summed E-state index contributed by atoms with van der Waals surface area (Å²) in [5.41, 5.74) is 0.374. The maximum atomic E-state index is 13.5. The molecule has 57 heavy (non-hydrogen) atoms. The molecule has 2 aliphatic carbocycles. The molecule has 1 aromatic rings. The van der Waals surface area contributed by atoms with E-state index in [1.165, 1.54) is 0 Å². The summed E-state index contributed by atoms with van der Waals surface area (Å²) in [6.45, 7) is 16.7. The van der Waals surface area contributed by atoms with E-state index in [2.05, 4.69) is 18.0 Å². The summed E-state index contributed by atoms with van der Waals surface area (Å²) >= 11 is 2.21. The fourth-order valence-corrected chi connectivity index (χ4v) is 9.03. The van der Waals surface area contributed by atoms with Gasteiger partial charge in [-0.3, -0.25) is 19.2 Å². The van der Waals surface area contributed by atoms with Gasteiger partial charge in [-0.2, -0.15) is 0 Å². The molecule has 4 rings (SSSR count). The second kappa shape index (κ2) is 22.6. The lowest BCUT2D eigenvalue weighted by Gasteiger charge is -2.27. The van der Waals surface area contributed by atoms with Gasteiger partial charge in [-0.15, -0.1) is 0 Å². The molecule has 0 N–H and O–H groups in total. The van der Waals surface area contributed by atoms with E-state index in [0.29, 0.717) is 96.6 Å². The van der Waals surface area contributed by atoms with Gasteiger partial charge in [0, 0.05) is 12.2 Å². The fraction of sp³-hybridized carbons (Fsp3) is 0.512. The van der Waals surface area contributed by atoms with Crippen molar-refractivity contribution in [2.75, 3.05) is 26.4 Å². The van der Waals surface area contributed by atoms with E-state index in [0.717, 1.165) is 35.7 Å². The van der Waals surface area contributed by atoms with E-state index in [-0.39, 0.29) is 67.4 Å². The molecule has 0 saturated heterocycles. The highest BCUT2D eigenvalue weighted by Crippen LogP contribution is 2.60. The molecule has 0 spiro atoms.